The fraction of sp³-hybridized carbons (Fsp3) is 0.273. The summed E-state index contributed by atoms with van der Waals surface area (Å²) in [6.07, 6.45) is 0.794. The fourth-order valence-corrected chi connectivity index (χ4v) is 1.70. The zero-order chi connectivity index (χ0) is 9.97. The molecule has 0 radical (unpaired) electrons. The first kappa shape index (κ1) is 8.94. The monoisotopic (exact) mass is 190 g/mol. The van der Waals surface area contributed by atoms with E-state index in [1.54, 1.807) is 0 Å². The summed E-state index contributed by atoms with van der Waals surface area (Å²) in [5.74, 6) is -1.04. The van der Waals surface area contributed by atoms with Gasteiger partial charge in [-0.1, -0.05) is 30.3 Å². The van der Waals surface area contributed by atoms with Crippen LogP contribution >= 0.6 is 0 Å². The van der Waals surface area contributed by atoms with Gasteiger partial charge < -0.3 is 9.53 Å². The van der Waals surface area contributed by atoms with Crippen molar-refractivity contribution in [2.45, 2.75) is 5.92 Å². The maximum atomic E-state index is 11.4. The average molecular weight is 190 g/mol. The van der Waals surface area contributed by atoms with Crippen LogP contribution < -0.4 is 0 Å². The minimum Gasteiger partial charge on any atom is -0.464 e. The number of aldehydes is 1. The van der Waals surface area contributed by atoms with Gasteiger partial charge in [-0.05, 0) is 5.56 Å². The lowest BCUT2D eigenvalue weighted by Crippen LogP contribution is -2.14. The number of cyclic esters (lactones) is 1. The molecule has 14 heavy (non-hydrogen) atoms. The molecule has 0 saturated carbocycles. The third kappa shape index (κ3) is 1.41. The highest BCUT2D eigenvalue weighted by atomic mass is 16.5. The Kier molecular flexibility index (Phi) is 2.31. The summed E-state index contributed by atoms with van der Waals surface area (Å²) >= 11 is 0. The lowest BCUT2D eigenvalue weighted by Gasteiger charge is -2.08. The van der Waals surface area contributed by atoms with E-state index < -0.39 is 5.92 Å². The number of hydrogen-bond acceptors (Lipinski definition) is 3. The molecule has 0 unspecified atom stereocenters. The van der Waals surface area contributed by atoms with Gasteiger partial charge in [0.25, 0.3) is 0 Å². The Morgan fingerprint density at radius 3 is 2.64 bits per heavy atom. The first-order chi connectivity index (χ1) is 6.83. The van der Waals surface area contributed by atoms with Crippen LogP contribution in [-0.2, 0) is 14.3 Å². The van der Waals surface area contributed by atoms with Gasteiger partial charge in [-0.25, -0.2) is 0 Å². The van der Waals surface area contributed by atoms with Crippen LogP contribution in [0.4, 0.5) is 0 Å². The number of benzene rings is 1. The predicted octanol–water partition coefficient (Wildman–Crippen LogP) is 1.14. The number of carbonyl (C=O) groups excluding carboxylic acids is 2. The Hall–Kier alpha value is -1.64. The van der Waals surface area contributed by atoms with Crippen molar-refractivity contribution >= 4 is 12.3 Å². The summed E-state index contributed by atoms with van der Waals surface area (Å²) in [5.41, 5.74) is 0.854. The van der Waals surface area contributed by atoms with Crippen LogP contribution in [0.1, 0.15) is 11.5 Å². The first-order valence-corrected chi connectivity index (χ1v) is 4.50. The molecule has 1 aliphatic rings. The Bertz CT molecular complexity index is 345. The molecule has 2 rings (SSSR count). The maximum absolute atomic E-state index is 11.4. The van der Waals surface area contributed by atoms with Crippen molar-refractivity contribution in [2.24, 2.45) is 5.92 Å². The summed E-state index contributed by atoms with van der Waals surface area (Å²) in [4.78, 5) is 22.1. The molecule has 3 heteroatoms. The zero-order valence-corrected chi connectivity index (χ0v) is 7.55. The molecular weight excluding hydrogens is 180 g/mol. The van der Waals surface area contributed by atoms with Crippen LogP contribution in [0.25, 0.3) is 0 Å². The van der Waals surface area contributed by atoms with E-state index in [-0.39, 0.29) is 18.5 Å². The predicted molar refractivity (Wildman–Crippen MR) is 49.7 cm³/mol. The highest BCUT2D eigenvalue weighted by molar-refractivity contribution is 5.84. The van der Waals surface area contributed by atoms with Crippen molar-refractivity contribution in [3.63, 3.8) is 0 Å². The van der Waals surface area contributed by atoms with E-state index in [9.17, 15) is 9.59 Å². The second-order valence-corrected chi connectivity index (χ2v) is 3.32. The molecule has 1 heterocycles. The summed E-state index contributed by atoms with van der Waals surface area (Å²) in [6.45, 7) is 0.210. The van der Waals surface area contributed by atoms with E-state index >= 15 is 0 Å². The van der Waals surface area contributed by atoms with Gasteiger partial charge in [0.1, 0.15) is 12.9 Å². The van der Waals surface area contributed by atoms with E-state index in [1.807, 2.05) is 30.3 Å². The fourth-order valence-electron chi connectivity index (χ4n) is 1.70. The molecule has 3 nitrogen and oxygen atoms in total. The highest BCUT2D eigenvalue weighted by Crippen LogP contribution is 2.30. The molecule has 0 bridgehead atoms. The van der Waals surface area contributed by atoms with Crippen LogP contribution in [0, 0.1) is 5.92 Å². The van der Waals surface area contributed by atoms with Gasteiger partial charge in [0.05, 0.1) is 11.8 Å². The van der Waals surface area contributed by atoms with Crippen LogP contribution in [-0.4, -0.2) is 18.9 Å². The van der Waals surface area contributed by atoms with Crippen molar-refractivity contribution in [1.82, 2.24) is 0 Å². The molecule has 0 aliphatic carbocycles. The molecule has 1 aromatic carbocycles. The quantitative estimate of drug-likeness (QED) is 0.519. The molecule has 0 aromatic heterocycles. The Morgan fingerprint density at radius 1 is 1.29 bits per heavy atom. The van der Waals surface area contributed by atoms with Crippen LogP contribution in [0.2, 0.25) is 0 Å². The molecule has 0 spiro atoms. The van der Waals surface area contributed by atoms with Crippen LogP contribution in [0.15, 0.2) is 30.3 Å². The number of rotatable bonds is 2. The van der Waals surface area contributed by atoms with Gasteiger partial charge in [0.15, 0.2) is 0 Å². The van der Waals surface area contributed by atoms with Crippen molar-refractivity contribution in [2.75, 3.05) is 6.61 Å². The van der Waals surface area contributed by atoms with E-state index in [4.69, 9.17) is 4.74 Å². The van der Waals surface area contributed by atoms with Gasteiger partial charge in [0, 0.05) is 0 Å². The Balaban J connectivity index is 2.32. The third-order valence-corrected chi connectivity index (χ3v) is 2.43. The van der Waals surface area contributed by atoms with Gasteiger partial charge >= 0.3 is 5.97 Å². The van der Waals surface area contributed by atoms with Crippen molar-refractivity contribution in [1.29, 1.82) is 0 Å². The van der Waals surface area contributed by atoms with E-state index in [0.29, 0.717) is 0 Å². The van der Waals surface area contributed by atoms with Crippen molar-refractivity contribution in [3.8, 4) is 0 Å². The SMILES string of the molecule is O=C[C@H]1COC(=O)[C@H]1c1ccccc1. The highest BCUT2D eigenvalue weighted by Gasteiger charge is 2.37. The molecule has 2 atom stereocenters. The molecular formula is C11H10O3. The minimum atomic E-state index is -0.409. The average Bonchev–Trinajstić information content (AvgIpc) is 2.61. The molecule has 0 amide bonds. The van der Waals surface area contributed by atoms with Gasteiger partial charge in [0.2, 0.25) is 0 Å². The number of carbonyl (C=O) groups is 2. The number of hydrogen-bond donors (Lipinski definition) is 0. The molecule has 0 N–H and O–H groups in total. The summed E-state index contributed by atoms with van der Waals surface area (Å²) < 4.78 is 4.85. The second-order valence-electron chi connectivity index (χ2n) is 3.32. The lowest BCUT2D eigenvalue weighted by molar-refractivity contribution is -0.139. The molecule has 1 saturated heterocycles. The molecule has 1 aromatic rings. The standard InChI is InChI=1S/C11H10O3/c12-6-9-7-14-11(13)10(9)8-4-2-1-3-5-8/h1-6,9-10H,7H2/t9-,10-/m0/s1. The van der Waals surface area contributed by atoms with E-state index in [2.05, 4.69) is 0 Å². The molecule has 72 valence electrons. The lowest BCUT2D eigenvalue weighted by atomic mass is 9.89. The van der Waals surface area contributed by atoms with Gasteiger partial charge in [-0.2, -0.15) is 0 Å². The maximum Gasteiger partial charge on any atom is 0.314 e. The van der Waals surface area contributed by atoms with Crippen molar-refractivity contribution in [3.05, 3.63) is 35.9 Å². The first-order valence-electron chi connectivity index (χ1n) is 4.50. The Labute approximate surface area is 81.7 Å². The molecule has 1 aliphatic heterocycles. The Morgan fingerprint density at radius 2 is 2.00 bits per heavy atom. The summed E-state index contributed by atoms with van der Waals surface area (Å²) in [7, 11) is 0. The topological polar surface area (TPSA) is 43.4 Å². The van der Waals surface area contributed by atoms with E-state index in [0.717, 1.165) is 11.8 Å². The van der Waals surface area contributed by atoms with Crippen LogP contribution in [0.5, 0.6) is 0 Å². The normalized spacial score (nSPS) is 25.9. The summed E-state index contributed by atoms with van der Waals surface area (Å²) in [6, 6.07) is 9.26. The second kappa shape index (κ2) is 3.62. The smallest absolute Gasteiger partial charge is 0.314 e. The largest absolute Gasteiger partial charge is 0.464 e. The number of ether oxygens (including phenoxy) is 1. The minimum absolute atomic E-state index is 0.210. The van der Waals surface area contributed by atoms with Crippen molar-refractivity contribution < 1.29 is 14.3 Å². The van der Waals surface area contributed by atoms with Crippen LogP contribution in [0.3, 0.4) is 0 Å². The van der Waals surface area contributed by atoms with E-state index in [1.165, 1.54) is 0 Å². The van der Waals surface area contributed by atoms with Gasteiger partial charge in [-0.3, -0.25) is 4.79 Å². The number of esters is 1. The summed E-state index contributed by atoms with van der Waals surface area (Å²) in [5, 5.41) is 0. The molecule has 1 fully saturated rings. The zero-order valence-electron chi connectivity index (χ0n) is 7.55. The third-order valence-electron chi connectivity index (χ3n) is 2.43. The van der Waals surface area contributed by atoms with Gasteiger partial charge in [-0.15, -0.1) is 0 Å².